The van der Waals surface area contributed by atoms with Crippen molar-refractivity contribution in [1.82, 2.24) is 0 Å². The third-order valence-electron chi connectivity index (χ3n) is 2.93. The van der Waals surface area contributed by atoms with Crippen LogP contribution in [0.15, 0.2) is 24.3 Å². The van der Waals surface area contributed by atoms with Crippen molar-refractivity contribution in [2.45, 2.75) is 46.5 Å². The molecule has 0 aliphatic heterocycles. The van der Waals surface area contributed by atoms with Gasteiger partial charge < -0.3 is 9.90 Å². The van der Waals surface area contributed by atoms with Gasteiger partial charge in [-0.2, -0.15) is 0 Å². The molecular weight excluding hydrogens is 228 g/mol. The smallest absolute Gasteiger partial charge is 0.303 e. The predicted molar refractivity (Wildman–Crippen MR) is 73.4 cm³/mol. The SMILES string of the molecule is C=C(/C=C/C(CCC(=O)O)C(C)C)CCC(C)=O. The number of hydrogen-bond acceptors (Lipinski definition) is 2. The first-order valence-corrected chi connectivity index (χ1v) is 6.40. The van der Waals surface area contributed by atoms with E-state index in [1.165, 1.54) is 0 Å². The van der Waals surface area contributed by atoms with Gasteiger partial charge in [-0.25, -0.2) is 0 Å². The van der Waals surface area contributed by atoms with Crippen LogP contribution >= 0.6 is 0 Å². The summed E-state index contributed by atoms with van der Waals surface area (Å²) in [5.74, 6) is 0.0525. The lowest BCUT2D eigenvalue weighted by atomic mass is 9.90. The third kappa shape index (κ3) is 8.74. The van der Waals surface area contributed by atoms with Crippen molar-refractivity contribution >= 4 is 11.8 Å². The Kier molecular flexibility index (Phi) is 8.01. The Morgan fingerprint density at radius 2 is 1.83 bits per heavy atom. The second-order valence-electron chi connectivity index (χ2n) is 5.06. The molecule has 1 N–H and O–H groups in total. The summed E-state index contributed by atoms with van der Waals surface area (Å²) in [6.45, 7) is 9.63. The highest BCUT2D eigenvalue weighted by molar-refractivity contribution is 5.75. The second-order valence-corrected chi connectivity index (χ2v) is 5.06. The quantitative estimate of drug-likeness (QED) is 0.638. The minimum atomic E-state index is -0.760. The zero-order valence-corrected chi connectivity index (χ0v) is 11.6. The van der Waals surface area contributed by atoms with Crippen molar-refractivity contribution in [3.8, 4) is 0 Å². The van der Waals surface area contributed by atoms with Crippen LogP contribution in [0.3, 0.4) is 0 Å². The lowest BCUT2D eigenvalue weighted by Gasteiger charge is -2.15. The summed E-state index contributed by atoms with van der Waals surface area (Å²) in [5.41, 5.74) is 0.922. The average molecular weight is 252 g/mol. The molecule has 0 aromatic rings. The summed E-state index contributed by atoms with van der Waals surface area (Å²) in [5, 5.41) is 8.69. The number of hydrogen-bond donors (Lipinski definition) is 1. The number of Topliss-reactive ketones (excluding diaryl/α,β-unsaturated/α-hetero) is 1. The molecule has 0 rings (SSSR count). The highest BCUT2D eigenvalue weighted by Crippen LogP contribution is 2.20. The fourth-order valence-electron chi connectivity index (χ4n) is 1.62. The number of aliphatic carboxylic acids is 1. The molecule has 0 radical (unpaired) electrons. The van der Waals surface area contributed by atoms with Crippen molar-refractivity contribution in [3.05, 3.63) is 24.3 Å². The Morgan fingerprint density at radius 3 is 2.28 bits per heavy atom. The van der Waals surface area contributed by atoms with Crippen LogP contribution in [0, 0.1) is 11.8 Å². The predicted octanol–water partition coefficient (Wildman–Crippen LogP) is 3.61. The molecule has 1 unspecified atom stereocenters. The Bertz CT molecular complexity index is 327. The van der Waals surface area contributed by atoms with E-state index in [0.717, 1.165) is 5.57 Å². The Balaban J connectivity index is 4.25. The van der Waals surface area contributed by atoms with Crippen LogP contribution in [0.4, 0.5) is 0 Å². The van der Waals surface area contributed by atoms with E-state index < -0.39 is 5.97 Å². The molecular formula is C15H24O3. The number of carboxylic acid groups (broad SMARTS) is 1. The van der Waals surface area contributed by atoms with Crippen LogP contribution in [0.1, 0.15) is 46.5 Å². The van der Waals surface area contributed by atoms with E-state index in [9.17, 15) is 9.59 Å². The fourth-order valence-corrected chi connectivity index (χ4v) is 1.62. The molecule has 0 saturated heterocycles. The summed E-state index contributed by atoms with van der Waals surface area (Å²) < 4.78 is 0. The van der Waals surface area contributed by atoms with Crippen molar-refractivity contribution in [1.29, 1.82) is 0 Å². The molecule has 0 heterocycles. The Labute approximate surface area is 110 Å². The number of carbonyl (C=O) groups excluding carboxylic acids is 1. The number of allylic oxidation sites excluding steroid dienone is 3. The third-order valence-corrected chi connectivity index (χ3v) is 2.93. The van der Waals surface area contributed by atoms with Gasteiger partial charge >= 0.3 is 5.97 Å². The summed E-state index contributed by atoms with van der Waals surface area (Å²) in [4.78, 5) is 21.4. The lowest BCUT2D eigenvalue weighted by Crippen LogP contribution is -2.08. The molecule has 0 fully saturated rings. The Morgan fingerprint density at radius 1 is 1.22 bits per heavy atom. The molecule has 0 bridgehead atoms. The highest BCUT2D eigenvalue weighted by atomic mass is 16.4. The van der Waals surface area contributed by atoms with Gasteiger partial charge in [-0.1, -0.05) is 38.2 Å². The molecule has 3 nitrogen and oxygen atoms in total. The maximum Gasteiger partial charge on any atom is 0.303 e. The minimum Gasteiger partial charge on any atom is -0.481 e. The van der Waals surface area contributed by atoms with Gasteiger partial charge in [0, 0.05) is 12.8 Å². The first-order chi connectivity index (χ1) is 8.32. The lowest BCUT2D eigenvalue weighted by molar-refractivity contribution is -0.137. The Hall–Kier alpha value is -1.38. The molecule has 0 aromatic carbocycles. The van der Waals surface area contributed by atoms with Gasteiger partial charge in [0.25, 0.3) is 0 Å². The molecule has 0 saturated carbocycles. The first kappa shape index (κ1) is 16.6. The van der Waals surface area contributed by atoms with Gasteiger partial charge in [-0.3, -0.25) is 4.79 Å². The topological polar surface area (TPSA) is 54.4 Å². The molecule has 3 heteroatoms. The number of carbonyl (C=O) groups is 2. The van der Waals surface area contributed by atoms with E-state index >= 15 is 0 Å². The number of carboxylic acids is 1. The molecule has 0 amide bonds. The normalized spacial score (nSPS) is 12.9. The second kappa shape index (κ2) is 8.67. The molecule has 18 heavy (non-hydrogen) atoms. The largest absolute Gasteiger partial charge is 0.481 e. The maximum atomic E-state index is 10.8. The van der Waals surface area contributed by atoms with Crippen molar-refractivity contribution in [2.24, 2.45) is 11.8 Å². The summed E-state index contributed by atoms with van der Waals surface area (Å²) in [6.07, 6.45) is 5.97. The van der Waals surface area contributed by atoms with Crippen molar-refractivity contribution in [3.63, 3.8) is 0 Å². The van der Waals surface area contributed by atoms with Gasteiger partial charge in [0.2, 0.25) is 0 Å². The molecule has 0 aromatic heterocycles. The number of rotatable bonds is 9. The summed E-state index contributed by atoms with van der Waals surface area (Å²) in [6, 6.07) is 0. The van der Waals surface area contributed by atoms with E-state index in [0.29, 0.717) is 25.2 Å². The minimum absolute atomic E-state index is 0.163. The van der Waals surface area contributed by atoms with Gasteiger partial charge in [0.05, 0.1) is 0 Å². The van der Waals surface area contributed by atoms with Gasteiger partial charge in [0.15, 0.2) is 0 Å². The van der Waals surface area contributed by atoms with E-state index in [4.69, 9.17) is 5.11 Å². The van der Waals surface area contributed by atoms with Crippen LogP contribution < -0.4 is 0 Å². The van der Waals surface area contributed by atoms with Gasteiger partial charge in [-0.05, 0) is 31.6 Å². The maximum absolute atomic E-state index is 10.8. The molecule has 102 valence electrons. The van der Waals surface area contributed by atoms with Crippen LogP contribution in [0.5, 0.6) is 0 Å². The van der Waals surface area contributed by atoms with E-state index in [-0.39, 0.29) is 18.1 Å². The van der Waals surface area contributed by atoms with E-state index in [1.54, 1.807) is 6.92 Å². The summed E-state index contributed by atoms with van der Waals surface area (Å²) in [7, 11) is 0. The standard InChI is InChI=1S/C15H24O3/c1-11(2)14(9-10-15(17)18)8-6-12(3)5-7-13(4)16/h6,8,11,14H,3,5,7,9-10H2,1-2,4H3,(H,17,18)/b8-6+. The zero-order chi connectivity index (χ0) is 14.1. The zero-order valence-electron chi connectivity index (χ0n) is 11.6. The molecule has 1 atom stereocenters. The van der Waals surface area contributed by atoms with Crippen molar-refractivity contribution < 1.29 is 14.7 Å². The van der Waals surface area contributed by atoms with Gasteiger partial charge in [0.1, 0.15) is 5.78 Å². The van der Waals surface area contributed by atoms with Gasteiger partial charge in [-0.15, -0.1) is 0 Å². The molecule has 0 aliphatic rings. The average Bonchev–Trinajstić information content (AvgIpc) is 2.25. The molecule has 0 spiro atoms. The highest BCUT2D eigenvalue weighted by Gasteiger charge is 2.11. The van der Waals surface area contributed by atoms with Crippen LogP contribution in [-0.2, 0) is 9.59 Å². The first-order valence-electron chi connectivity index (χ1n) is 6.40. The van der Waals surface area contributed by atoms with E-state index in [2.05, 4.69) is 20.4 Å². The van der Waals surface area contributed by atoms with Crippen LogP contribution in [-0.4, -0.2) is 16.9 Å². The van der Waals surface area contributed by atoms with Crippen LogP contribution in [0.25, 0.3) is 0 Å². The fraction of sp³-hybridized carbons (Fsp3) is 0.600. The monoisotopic (exact) mass is 252 g/mol. The van der Waals surface area contributed by atoms with Crippen molar-refractivity contribution in [2.75, 3.05) is 0 Å². The number of ketones is 1. The molecule has 0 aliphatic carbocycles. The van der Waals surface area contributed by atoms with Crippen LogP contribution in [0.2, 0.25) is 0 Å². The summed E-state index contributed by atoms with van der Waals surface area (Å²) >= 11 is 0. The van der Waals surface area contributed by atoms with E-state index in [1.807, 2.05) is 12.2 Å².